The second kappa shape index (κ2) is 6.76. The van der Waals surface area contributed by atoms with Gasteiger partial charge >= 0.3 is 0 Å². The molecule has 0 amide bonds. The van der Waals surface area contributed by atoms with E-state index >= 15 is 0 Å². The summed E-state index contributed by atoms with van der Waals surface area (Å²) in [7, 11) is 1.66. The van der Waals surface area contributed by atoms with Gasteiger partial charge in [-0.3, -0.25) is 0 Å². The first kappa shape index (κ1) is 15.0. The maximum Gasteiger partial charge on any atom is 0.118 e. The maximum atomic E-state index is 9.36. The fourth-order valence-corrected chi connectivity index (χ4v) is 2.70. The highest BCUT2D eigenvalue weighted by Crippen LogP contribution is 2.36. The van der Waals surface area contributed by atoms with Crippen molar-refractivity contribution in [3.63, 3.8) is 0 Å². The van der Waals surface area contributed by atoms with Crippen LogP contribution in [0.4, 0.5) is 0 Å². The SMILES string of the molecule is CCC(N)C(CC)(CCO)c1ccc(OC)cc1. The molecular weight excluding hydrogens is 226 g/mol. The molecule has 0 fully saturated rings. The van der Waals surface area contributed by atoms with Crippen LogP contribution in [0.5, 0.6) is 5.75 Å². The molecule has 102 valence electrons. The van der Waals surface area contributed by atoms with Crippen LogP contribution >= 0.6 is 0 Å². The Labute approximate surface area is 110 Å². The van der Waals surface area contributed by atoms with E-state index in [2.05, 4.69) is 26.0 Å². The molecule has 1 rings (SSSR count). The van der Waals surface area contributed by atoms with Crippen molar-refractivity contribution in [1.29, 1.82) is 0 Å². The molecule has 18 heavy (non-hydrogen) atoms. The summed E-state index contributed by atoms with van der Waals surface area (Å²) < 4.78 is 5.18. The number of methoxy groups -OCH3 is 1. The van der Waals surface area contributed by atoms with Gasteiger partial charge in [0.25, 0.3) is 0 Å². The van der Waals surface area contributed by atoms with Gasteiger partial charge in [-0.15, -0.1) is 0 Å². The standard InChI is InChI=1S/C15H25NO2/c1-4-14(16)15(5-2,10-11-17)12-6-8-13(18-3)9-7-12/h6-9,14,17H,4-5,10-11,16H2,1-3H3. The van der Waals surface area contributed by atoms with E-state index in [4.69, 9.17) is 10.5 Å². The molecule has 0 spiro atoms. The van der Waals surface area contributed by atoms with Crippen molar-refractivity contribution < 1.29 is 9.84 Å². The molecule has 3 nitrogen and oxygen atoms in total. The lowest BCUT2D eigenvalue weighted by atomic mass is 9.69. The molecule has 0 aliphatic heterocycles. The zero-order chi connectivity index (χ0) is 13.6. The minimum atomic E-state index is -0.143. The molecule has 0 bridgehead atoms. The van der Waals surface area contributed by atoms with E-state index in [1.54, 1.807) is 7.11 Å². The predicted octanol–water partition coefficient (Wildman–Crippen LogP) is 2.46. The Morgan fingerprint density at radius 3 is 2.28 bits per heavy atom. The number of hydrogen-bond acceptors (Lipinski definition) is 3. The summed E-state index contributed by atoms with van der Waals surface area (Å²) in [5.74, 6) is 0.845. The average Bonchev–Trinajstić information content (AvgIpc) is 2.44. The molecule has 3 heteroatoms. The Hall–Kier alpha value is -1.06. The van der Waals surface area contributed by atoms with Crippen molar-refractivity contribution in [1.82, 2.24) is 0 Å². The fourth-order valence-electron chi connectivity index (χ4n) is 2.70. The fraction of sp³-hybridized carbons (Fsp3) is 0.600. The van der Waals surface area contributed by atoms with Crippen LogP contribution in [0.3, 0.4) is 0 Å². The molecule has 0 saturated heterocycles. The molecular formula is C15H25NO2. The topological polar surface area (TPSA) is 55.5 Å². The average molecular weight is 251 g/mol. The van der Waals surface area contributed by atoms with E-state index in [1.807, 2.05) is 12.1 Å². The first-order chi connectivity index (χ1) is 8.64. The van der Waals surface area contributed by atoms with Gasteiger partial charge < -0.3 is 15.6 Å². The second-order valence-electron chi connectivity index (χ2n) is 4.73. The summed E-state index contributed by atoms with van der Waals surface area (Å²) in [5, 5.41) is 9.36. The highest BCUT2D eigenvalue weighted by atomic mass is 16.5. The normalized spacial score (nSPS) is 16.1. The molecule has 0 aliphatic rings. The van der Waals surface area contributed by atoms with Gasteiger partial charge in [0.05, 0.1) is 7.11 Å². The number of benzene rings is 1. The third kappa shape index (κ3) is 2.85. The van der Waals surface area contributed by atoms with Crippen LogP contribution in [-0.4, -0.2) is 24.9 Å². The van der Waals surface area contributed by atoms with Crippen molar-refractivity contribution in [2.75, 3.05) is 13.7 Å². The molecule has 3 N–H and O–H groups in total. The Kier molecular flexibility index (Phi) is 5.63. The van der Waals surface area contributed by atoms with Gasteiger partial charge in [-0.1, -0.05) is 26.0 Å². The number of hydrogen-bond donors (Lipinski definition) is 2. The predicted molar refractivity (Wildman–Crippen MR) is 74.9 cm³/mol. The van der Waals surface area contributed by atoms with Crippen LogP contribution in [0.1, 0.15) is 38.7 Å². The van der Waals surface area contributed by atoms with E-state index in [0.717, 1.165) is 18.6 Å². The zero-order valence-electron chi connectivity index (χ0n) is 11.6. The van der Waals surface area contributed by atoms with Crippen LogP contribution in [0.25, 0.3) is 0 Å². The quantitative estimate of drug-likeness (QED) is 0.782. The van der Waals surface area contributed by atoms with E-state index in [9.17, 15) is 5.11 Å². The Bertz CT molecular complexity index is 350. The van der Waals surface area contributed by atoms with Gasteiger partial charge in [-0.25, -0.2) is 0 Å². The molecule has 0 aliphatic carbocycles. The van der Waals surface area contributed by atoms with Gasteiger partial charge in [-0.2, -0.15) is 0 Å². The Morgan fingerprint density at radius 1 is 1.28 bits per heavy atom. The lowest BCUT2D eigenvalue weighted by Gasteiger charge is -2.38. The molecule has 0 radical (unpaired) electrons. The molecule has 2 unspecified atom stereocenters. The van der Waals surface area contributed by atoms with E-state index in [-0.39, 0.29) is 18.1 Å². The number of ether oxygens (including phenoxy) is 1. The second-order valence-corrected chi connectivity index (χ2v) is 4.73. The number of aliphatic hydroxyl groups is 1. The van der Waals surface area contributed by atoms with E-state index < -0.39 is 0 Å². The number of nitrogens with two attached hydrogens (primary N) is 1. The summed E-state index contributed by atoms with van der Waals surface area (Å²) in [6, 6.07) is 8.10. The minimum Gasteiger partial charge on any atom is -0.497 e. The monoisotopic (exact) mass is 251 g/mol. The van der Waals surface area contributed by atoms with Crippen LogP contribution in [0, 0.1) is 0 Å². The third-order valence-electron chi connectivity index (χ3n) is 4.00. The summed E-state index contributed by atoms with van der Waals surface area (Å²) in [6.45, 7) is 4.39. The van der Waals surface area contributed by atoms with Gasteiger partial charge in [0.2, 0.25) is 0 Å². The highest BCUT2D eigenvalue weighted by molar-refractivity contribution is 5.33. The number of rotatable bonds is 7. The summed E-state index contributed by atoms with van der Waals surface area (Å²) in [5.41, 5.74) is 7.36. The van der Waals surface area contributed by atoms with Crippen LogP contribution in [-0.2, 0) is 5.41 Å². The van der Waals surface area contributed by atoms with Crippen LogP contribution in [0.15, 0.2) is 24.3 Å². The third-order valence-corrected chi connectivity index (χ3v) is 4.00. The van der Waals surface area contributed by atoms with Crippen molar-refractivity contribution in [3.05, 3.63) is 29.8 Å². The Balaban J connectivity index is 3.14. The summed E-state index contributed by atoms with van der Waals surface area (Å²) >= 11 is 0. The maximum absolute atomic E-state index is 9.36. The van der Waals surface area contributed by atoms with E-state index in [0.29, 0.717) is 6.42 Å². The Morgan fingerprint density at radius 2 is 1.89 bits per heavy atom. The first-order valence-corrected chi connectivity index (χ1v) is 6.65. The van der Waals surface area contributed by atoms with E-state index in [1.165, 1.54) is 5.56 Å². The molecule has 1 aromatic rings. The number of aliphatic hydroxyl groups excluding tert-OH is 1. The molecule has 2 atom stereocenters. The molecule has 0 heterocycles. The van der Waals surface area contributed by atoms with Gasteiger partial charge in [0, 0.05) is 18.1 Å². The lowest BCUT2D eigenvalue weighted by Crippen LogP contribution is -2.45. The largest absolute Gasteiger partial charge is 0.497 e. The highest BCUT2D eigenvalue weighted by Gasteiger charge is 2.35. The van der Waals surface area contributed by atoms with Gasteiger partial charge in [0.15, 0.2) is 0 Å². The van der Waals surface area contributed by atoms with Crippen molar-refractivity contribution in [3.8, 4) is 5.75 Å². The minimum absolute atomic E-state index is 0.0584. The molecule has 0 saturated carbocycles. The first-order valence-electron chi connectivity index (χ1n) is 6.65. The van der Waals surface area contributed by atoms with Crippen molar-refractivity contribution in [2.45, 2.75) is 44.6 Å². The van der Waals surface area contributed by atoms with Crippen molar-refractivity contribution in [2.24, 2.45) is 5.73 Å². The smallest absolute Gasteiger partial charge is 0.118 e. The van der Waals surface area contributed by atoms with Gasteiger partial charge in [-0.05, 0) is 37.0 Å². The lowest BCUT2D eigenvalue weighted by molar-refractivity contribution is 0.206. The summed E-state index contributed by atoms with van der Waals surface area (Å²) in [4.78, 5) is 0. The van der Waals surface area contributed by atoms with Crippen molar-refractivity contribution >= 4 is 0 Å². The van der Waals surface area contributed by atoms with Crippen LogP contribution < -0.4 is 10.5 Å². The summed E-state index contributed by atoms with van der Waals surface area (Å²) in [6.07, 6.45) is 2.53. The zero-order valence-corrected chi connectivity index (χ0v) is 11.6. The molecule has 1 aromatic carbocycles. The molecule has 0 aromatic heterocycles. The van der Waals surface area contributed by atoms with Gasteiger partial charge in [0.1, 0.15) is 5.75 Å². The van der Waals surface area contributed by atoms with Crippen LogP contribution in [0.2, 0.25) is 0 Å².